The van der Waals surface area contributed by atoms with Gasteiger partial charge in [0.05, 0.1) is 31.9 Å². The number of rotatable bonds is 10. The Balaban J connectivity index is 1.78. The van der Waals surface area contributed by atoms with Crippen LogP contribution in [0.4, 0.5) is 0 Å². The molecule has 3 aliphatic heterocycles. The summed E-state index contributed by atoms with van der Waals surface area (Å²) in [5, 5.41) is 64.5. The highest BCUT2D eigenvalue weighted by molar-refractivity contribution is 5.73. The number of ether oxygens (including phenoxy) is 7. The maximum absolute atomic E-state index is 11.8. The summed E-state index contributed by atoms with van der Waals surface area (Å²) in [6.07, 6.45) is -15.2. The normalized spacial score (nSPS) is 47.1. The fraction of sp³-hybridized carbons (Fsp3) is 0.955. The van der Waals surface area contributed by atoms with E-state index in [-0.39, 0.29) is 0 Å². The van der Waals surface area contributed by atoms with Crippen LogP contribution in [0.15, 0.2) is 0 Å². The third-order valence-electron chi connectivity index (χ3n) is 7.11. The molecule has 15 atom stereocenters. The molecule has 3 aliphatic rings. The van der Waals surface area contributed by atoms with Gasteiger partial charge in [-0.05, 0) is 0 Å². The highest BCUT2D eigenvalue weighted by Gasteiger charge is 2.53. The average Bonchev–Trinajstić information content (AvgIpc) is 2.92. The van der Waals surface area contributed by atoms with E-state index in [1.165, 1.54) is 21.1 Å². The van der Waals surface area contributed by atoms with Gasteiger partial charge < -0.3 is 80.6 Å². The van der Waals surface area contributed by atoms with E-state index in [0.29, 0.717) is 0 Å². The minimum atomic E-state index is -1.57. The topological polar surface area (TPSA) is 267 Å². The molecule has 228 valence electrons. The van der Waals surface area contributed by atoms with E-state index in [2.05, 4.69) is 5.32 Å². The molecule has 0 aromatic rings. The first-order valence-electron chi connectivity index (χ1n) is 12.5. The molecule has 0 spiro atoms. The van der Waals surface area contributed by atoms with Crippen molar-refractivity contribution in [3.63, 3.8) is 0 Å². The van der Waals surface area contributed by atoms with Gasteiger partial charge in [-0.2, -0.15) is 0 Å². The molecule has 0 saturated carbocycles. The van der Waals surface area contributed by atoms with E-state index < -0.39 is 118 Å². The third kappa shape index (κ3) is 6.85. The lowest BCUT2D eigenvalue weighted by Gasteiger charge is -2.49. The molecular weight excluding hydrogens is 530 g/mol. The Morgan fingerprint density at radius 2 is 1.15 bits per heavy atom. The van der Waals surface area contributed by atoms with Crippen LogP contribution in [0.5, 0.6) is 0 Å². The van der Waals surface area contributed by atoms with Gasteiger partial charge in [0.15, 0.2) is 18.9 Å². The van der Waals surface area contributed by atoms with E-state index in [4.69, 9.17) is 44.6 Å². The molecule has 7 unspecified atom stereocenters. The smallest absolute Gasteiger partial charge is 0.217 e. The zero-order chi connectivity index (χ0) is 29.0. The molecule has 0 bridgehead atoms. The van der Waals surface area contributed by atoms with Crippen molar-refractivity contribution in [1.29, 1.82) is 0 Å². The lowest BCUT2D eigenvalue weighted by atomic mass is 9.94. The predicted octanol–water partition coefficient (Wildman–Crippen LogP) is -6.19. The van der Waals surface area contributed by atoms with Gasteiger partial charge in [-0.1, -0.05) is 0 Å². The number of carbonyl (C=O) groups excluding carboxylic acids is 1. The Bertz CT molecular complexity index is 780. The molecule has 0 radical (unpaired) electrons. The predicted molar refractivity (Wildman–Crippen MR) is 126 cm³/mol. The molecule has 17 nitrogen and oxygen atoms in total. The first kappa shape index (κ1) is 32.4. The fourth-order valence-electron chi connectivity index (χ4n) is 5.02. The second-order valence-corrected chi connectivity index (χ2v) is 9.67. The Labute approximate surface area is 224 Å². The molecule has 3 fully saturated rings. The number of hydrogen-bond acceptors (Lipinski definition) is 16. The van der Waals surface area contributed by atoms with Crippen molar-refractivity contribution < 1.29 is 68.6 Å². The quantitative estimate of drug-likeness (QED) is 0.118. The summed E-state index contributed by atoms with van der Waals surface area (Å²) in [5.41, 5.74) is 12.1. The number of nitrogens with two attached hydrogens (primary N) is 2. The van der Waals surface area contributed by atoms with Crippen LogP contribution in [0.25, 0.3) is 0 Å². The lowest BCUT2D eigenvalue weighted by molar-refractivity contribution is -0.350. The molecule has 3 heterocycles. The lowest BCUT2D eigenvalue weighted by Crippen LogP contribution is -2.70. The van der Waals surface area contributed by atoms with Gasteiger partial charge in [0, 0.05) is 21.1 Å². The van der Waals surface area contributed by atoms with Crippen molar-refractivity contribution in [1.82, 2.24) is 5.32 Å². The molecule has 39 heavy (non-hydrogen) atoms. The average molecular weight is 572 g/mol. The second-order valence-electron chi connectivity index (χ2n) is 9.67. The van der Waals surface area contributed by atoms with Crippen LogP contribution in [-0.2, 0) is 38.0 Å². The maximum atomic E-state index is 11.8. The van der Waals surface area contributed by atoms with Crippen LogP contribution in [-0.4, -0.2) is 163 Å². The standard InChI is InChI=1S/C22H41N3O14/c1-7(29)25-13-16(32)17(33-2)8(4-26)37-22(13)39-19-10(6-28)36-21(12(24)15(19)31)38-18-9(5-27)35-20(34-3)11(23)14(18)30/h8-22,26-28,30-32H,4-6,23-24H2,1-3H3,(H,25,29)/t8?,9?,10?,11?,12?,13?,14-,15?,16-,17-,18-,19-,20-,21+,22+/m1/s1. The Morgan fingerprint density at radius 1 is 0.718 bits per heavy atom. The van der Waals surface area contributed by atoms with Gasteiger partial charge in [0.2, 0.25) is 5.91 Å². The molecule has 0 aromatic heterocycles. The Kier molecular flexibility index (Phi) is 11.8. The first-order chi connectivity index (χ1) is 18.5. The van der Waals surface area contributed by atoms with Gasteiger partial charge in [0.1, 0.15) is 61.0 Å². The van der Waals surface area contributed by atoms with Crippen LogP contribution >= 0.6 is 0 Å². The first-order valence-corrected chi connectivity index (χ1v) is 12.5. The molecular formula is C22H41N3O14. The van der Waals surface area contributed by atoms with Crippen molar-refractivity contribution in [2.75, 3.05) is 34.0 Å². The van der Waals surface area contributed by atoms with E-state index in [1.807, 2.05) is 0 Å². The summed E-state index contributed by atoms with van der Waals surface area (Å²) in [6.45, 7) is -0.625. The minimum absolute atomic E-state index is 0.529. The summed E-state index contributed by atoms with van der Waals surface area (Å²) < 4.78 is 39.0. The minimum Gasteiger partial charge on any atom is -0.394 e. The second kappa shape index (κ2) is 14.2. The molecule has 0 aliphatic carbocycles. The molecule has 1 amide bonds. The van der Waals surface area contributed by atoms with Crippen molar-refractivity contribution in [2.45, 2.75) is 98.9 Å². The third-order valence-corrected chi connectivity index (χ3v) is 7.11. The molecule has 0 aromatic carbocycles. The maximum Gasteiger partial charge on any atom is 0.217 e. The molecule has 3 saturated heterocycles. The zero-order valence-electron chi connectivity index (χ0n) is 21.9. The molecule has 11 N–H and O–H groups in total. The zero-order valence-corrected chi connectivity index (χ0v) is 21.9. The Morgan fingerprint density at radius 3 is 1.62 bits per heavy atom. The number of amides is 1. The number of carbonyl (C=O) groups is 1. The summed E-state index contributed by atoms with van der Waals surface area (Å²) in [5.74, 6) is -0.529. The number of aliphatic hydroxyl groups excluding tert-OH is 6. The van der Waals surface area contributed by atoms with Gasteiger partial charge in [-0.25, -0.2) is 0 Å². The number of nitrogens with one attached hydrogen (secondary N) is 1. The van der Waals surface area contributed by atoms with Crippen molar-refractivity contribution in [3.05, 3.63) is 0 Å². The SMILES string of the molecule is CO[C@@H]1OC(CO)[C@@H](O[C@@H]2OC(CO)[C@@H](O[C@@H]3OC(CO)[C@@H](OC)[C@H](O)C3NC(C)=O)C(O)C2N)[C@H](O)C1N. The molecule has 3 rings (SSSR count). The monoisotopic (exact) mass is 571 g/mol. The van der Waals surface area contributed by atoms with Crippen LogP contribution in [0.3, 0.4) is 0 Å². The van der Waals surface area contributed by atoms with Gasteiger partial charge >= 0.3 is 0 Å². The Hall–Kier alpha value is -1.13. The van der Waals surface area contributed by atoms with Crippen molar-refractivity contribution in [2.24, 2.45) is 11.5 Å². The number of aliphatic hydroxyl groups is 6. The van der Waals surface area contributed by atoms with Crippen LogP contribution in [0.2, 0.25) is 0 Å². The fourth-order valence-corrected chi connectivity index (χ4v) is 5.02. The van der Waals surface area contributed by atoms with E-state index in [1.54, 1.807) is 0 Å². The van der Waals surface area contributed by atoms with Crippen LogP contribution < -0.4 is 16.8 Å². The largest absolute Gasteiger partial charge is 0.394 e. The van der Waals surface area contributed by atoms with Gasteiger partial charge in [-0.3, -0.25) is 4.79 Å². The number of hydrogen-bond donors (Lipinski definition) is 9. The summed E-state index contributed by atoms with van der Waals surface area (Å²) >= 11 is 0. The van der Waals surface area contributed by atoms with Gasteiger partial charge in [0.25, 0.3) is 0 Å². The summed E-state index contributed by atoms with van der Waals surface area (Å²) in [6, 6.07) is -3.57. The van der Waals surface area contributed by atoms with Crippen molar-refractivity contribution >= 4 is 5.91 Å². The van der Waals surface area contributed by atoms with Gasteiger partial charge in [-0.15, -0.1) is 0 Å². The summed E-state index contributed by atoms with van der Waals surface area (Å²) in [4.78, 5) is 11.8. The van der Waals surface area contributed by atoms with Crippen molar-refractivity contribution in [3.8, 4) is 0 Å². The van der Waals surface area contributed by atoms with E-state index in [9.17, 15) is 35.4 Å². The highest BCUT2D eigenvalue weighted by atomic mass is 16.7. The molecule has 17 heteroatoms. The van der Waals surface area contributed by atoms with Crippen LogP contribution in [0, 0.1) is 0 Å². The highest BCUT2D eigenvalue weighted by Crippen LogP contribution is 2.32. The van der Waals surface area contributed by atoms with E-state index >= 15 is 0 Å². The van der Waals surface area contributed by atoms with Crippen LogP contribution in [0.1, 0.15) is 6.92 Å². The summed E-state index contributed by atoms with van der Waals surface area (Å²) in [7, 11) is 2.61. The van der Waals surface area contributed by atoms with E-state index in [0.717, 1.165) is 0 Å². The number of methoxy groups -OCH3 is 2.